The number of pyridine rings is 1. The van der Waals surface area contributed by atoms with Gasteiger partial charge in [0.2, 0.25) is 0 Å². The number of aromatic nitrogens is 3. The van der Waals surface area contributed by atoms with E-state index in [4.69, 9.17) is 5.73 Å². The molecule has 3 aromatic heterocycles. The average Bonchev–Trinajstić information content (AvgIpc) is 3.36. The molecule has 8 heteroatoms. The molecule has 0 bridgehead atoms. The van der Waals surface area contributed by atoms with Gasteiger partial charge in [0.15, 0.2) is 5.82 Å². The topological polar surface area (TPSA) is 97.0 Å². The number of hydrogen-bond acceptors (Lipinski definition) is 6. The molecule has 1 unspecified atom stereocenters. The van der Waals surface area contributed by atoms with Gasteiger partial charge in [-0.3, -0.25) is 5.32 Å². The van der Waals surface area contributed by atoms with E-state index >= 15 is 0 Å². The van der Waals surface area contributed by atoms with E-state index in [-0.39, 0.29) is 11.9 Å². The van der Waals surface area contributed by atoms with Gasteiger partial charge in [-0.2, -0.15) is 0 Å². The third-order valence-electron chi connectivity index (χ3n) is 4.35. The van der Waals surface area contributed by atoms with Crippen LogP contribution in [0.1, 0.15) is 18.2 Å². The first kappa shape index (κ1) is 16.5. The molecule has 1 atom stereocenters. The standard InChI is InChI=1S/C18H18N6OS/c19-13-4-5-14(15-3-1-10-26-15)22-17(13)23-18(25)24-9-6-12(11-24)16-20-7-2-8-21-16/h1-5,7-8,10,12H,6,9,11,19H2,(H,22,23,25). The van der Waals surface area contributed by atoms with Crippen LogP contribution in [-0.4, -0.2) is 39.0 Å². The summed E-state index contributed by atoms with van der Waals surface area (Å²) in [5.74, 6) is 1.32. The van der Waals surface area contributed by atoms with Crippen molar-refractivity contribution in [2.75, 3.05) is 24.1 Å². The highest BCUT2D eigenvalue weighted by Crippen LogP contribution is 2.28. The summed E-state index contributed by atoms with van der Waals surface area (Å²) in [6.07, 6.45) is 4.30. The number of rotatable bonds is 3. The van der Waals surface area contributed by atoms with Crippen molar-refractivity contribution >= 4 is 28.9 Å². The first-order valence-corrected chi connectivity index (χ1v) is 9.22. The maximum absolute atomic E-state index is 12.6. The van der Waals surface area contributed by atoms with Gasteiger partial charge >= 0.3 is 6.03 Å². The van der Waals surface area contributed by atoms with Crippen molar-refractivity contribution in [2.45, 2.75) is 12.3 Å². The number of nitrogens with two attached hydrogens (primary N) is 1. The fourth-order valence-corrected chi connectivity index (χ4v) is 3.68. The zero-order valence-corrected chi connectivity index (χ0v) is 14.8. The molecule has 0 aromatic carbocycles. The summed E-state index contributed by atoms with van der Waals surface area (Å²) in [7, 11) is 0. The van der Waals surface area contributed by atoms with Crippen molar-refractivity contribution in [3.05, 3.63) is 53.9 Å². The Kier molecular flexibility index (Phi) is 4.49. The van der Waals surface area contributed by atoms with E-state index in [1.165, 1.54) is 0 Å². The van der Waals surface area contributed by atoms with Gasteiger partial charge in [0, 0.05) is 31.4 Å². The summed E-state index contributed by atoms with van der Waals surface area (Å²) in [4.78, 5) is 28.5. The Morgan fingerprint density at radius 2 is 2.08 bits per heavy atom. The van der Waals surface area contributed by atoms with Crippen LogP contribution >= 0.6 is 11.3 Å². The predicted octanol–water partition coefficient (Wildman–Crippen LogP) is 3.20. The highest BCUT2D eigenvalue weighted by atomic mass is 32.1. The maximum atomic E-state index is 12.6. The molecule has 1 fully saturated rings. The lowest BCUT2D eigenvalue weighted by Crippen LogP contribution is -2.33. The Morgan fingerprint density at radius 3 is 2.85 bits per heavy atom. The molecule has 4 rings (SSSR count). The Bertz CT molecular complexity index is 899. The van der Waals surface area contributed by atoms with Crippen LogP contribution in [0.5, 0.6) is 0 Å². The highest BCUT2D eigenvalue weighted by Gasteiger charge is 2.29. The molecule has 1 aliphatic heterocycles. The third-order valence-corrected chi connectivity index (χ3v) is 5.24. The fraction of sp³-hybridized carbons (Fsp3) is 0.222. The second-order valence-corrected chi connectivity index (χ2v) is 7.03. The second kappa shape index (κ2) is 7.09. The number of amides is 2. The van der Waals surface area contributed by atoms with E-state index in [1.54, 1.807) is 40.8 Å². The number of carbonyl (C=O) groups is 1. The minimum Gasteiger partial charge on any atom is -0.396 e. The fourth-order valence-electron chi connectivity index (χ4n) is 2.99. The molecule has 3 aromatic rings. The minimum absolute atomic E-state index is 0.157. The van der Waals surface area contributed by atoms with E-state index in [9.17, 15) is 4.79 Å². The van der Waals surface area contributed by atoms with Gasteiger partial charge in [-0.15, -0.1) is 11.3 Å². The number of likely N-dealkylation sites (tertiary alicyclic amines) is 1. The van der Waals surface area contributed by atoms with Crippen molar-refractivity contribution < 1.29 is 4.79 Å². The Hall–Kier alpha value is -3.00. The molecule has 0 radical (unpaired) electrons. The molecule has 0 aliphatic carbocycles. The van der Waals surface area contributed by atoms with Crippen LogP contribution in [0.3, 0.4) is 0 Å². The molecule has 1 aliphatic rings. The highest BCUT2D eigenvalue weighted by molar-refractivity contribution is 7.13. The molecular weight excluding hydrogens is 348 g/mol. The molecule has 132 valence electrons. The van der Waals surface area contributed by atoms with E-state index in [1.807, 2.05) is 23.6 Å². The Labute approximate surface area is 154 Å². The quantitative estimate of drug-likeness (QED) is 0.742. The van der Waals surface area contributed by atoms with Crippen LogP contribution in [-0.2, 0) is 0 Å². The van der Waals surface area contributed by atoms with Crippen molar-refractivity contribution in [1.29, 1.82) is 0 Å². The zero-order valence-electron chi connectivity index (χ0n) is 14.0. The molecule has 0 saturated carbocycles. The molecule has 4 heterocycles. The van der Waals surface area contributed by atoms with Gasteiger partial charge in [0.25, 0.3) is 0 Å². The van der Waals surface area contributed by atoms with Crippen LogP contribution in [0.15, 0.2) is 48.1 Å². The van der Waals surface area contributed by atoms with Crippen LogP contribution in [0, 0.1) is 0 Å². The predicted molar refractivity (Wildman–Crippen MR) is 102 cm³/mol. The zero-order chi connectivity index (χ0) is 17.9. The van der Waals surface area contributed by atoms with Crippen LogP contribution < -0.4 is 11.1 Å². The number of nitrogens with one attached hydrogen (secondary N) is 1. The molecule has 7 nitrogen and oxygen atoms in total. The van der Waals surface area contributed by atoms with Gasteiger partial charge in [-0.25, -0.2) is 19.7 Å². The number of hydrogen-bond donors (Lipinski definition) is 2. The number of anilines is 2. The molecular formula is C18H18N6OS. The van der Waals surface area contributed by atoms with E-state index in [0.29, 0.717) is 24.6 Å². The van der Waals surface area contributed by atoms with Crippen LogP contribution in [0.4, 0.5) is 16.3 Å². The first-order chi connectivity index (χ1) is 12.7. The molecule has 26 heavy (non-hydrogen) atoms. The summed E-state index contributed by atoms with van der Waals surface area (Å²) in [5.41, 5.74) is 7.23. The smallest absolute Gasteiger partial charge is 0.323 e. The number of carbonyl (C=O) groups excluding carboxylic acids is 1. The number of nitrogens with zero attached hydrogens (tertiary/aromatic N) is 4. The lowest BCUT2D eigenvalue weighted by atomic mass is 10.1. The van der Waals surface area contributed by atoms with Crippen molar-refractivity contribution in [3.63, 3.8) is 0 Å². The number of thiophene rings is 1. The minimum atomic E-state index is -0.203. The Balaban J connectivity index is 1.46. The summed E-state index contributed by atoms with van der Waals surface area (Å²) in [6, 6.07) is 9.16. The van der Waals surface area contributed by atoms with Gasteiger partial charge in [0.1, 0.15) is 5.82 Å². The number of nitrogen functional groups attached to an aromatic ring is 1. The lowest BCUT2D eigenvalue weighted by molar-refractivity contribution is 0.222. The summed E-state index contributed by atoms with van der Waals surface area (Å²) in [6.45, 7) is 1.24. The summed E-state index contributed by atoms with van der Waals surface area (Å²) < 4.78 is 0. The number of urea groups is 1. The Morgan fingerprint density at radius 1 is 1.23 bits per heavy atom. The van der Waals surface area contributed by atoms with E-state index < -0.39 is 0 Å². The van der Waals surface area contributed by atoms with E-state index in [0.717, 1.165) is 22.8 Å². The van der Waals surface area contributed by atoms with Crippen molar-refractivity contribution in [1.82, 2.24) is 19.9 Å². The third kappa shape index (κ3) is 3.36. The normalized spacial score (nSPS) is 16.6. The molecule has 3 N–H and O–H groups in total. The lowest BCUT2D eigenvalue weighted by Gasteiger charge is -2.17. The van der Waals surface area contributed by atoms with Gasteiger partial charge in [-0.1, -0.05) is 6.07 Å². The SMILES string of the molecule is Nc1ccc(-c2cccs2)nc1NC(=O)N1CCC(c2ncccn2)C1. The van der Waals surface area contributed by atoms with Crippen LogP contribution in [0.25, 0.3) is 10.6 Å². The summed E-state index contributed by atoms with van der Waals surface area (Å²) >= 11 is 1.59. The van der Waals surface area contributed by atoms with Gasteiger partial charge in [0.05, 0.1) is 16.3 Å². The monoisotopic (exact) mass is 366 g/mol. The largest absolute Gasteiger partial charge is 0.396 e. The second-order valence-electron chi connectivity index (χ2n) is 6.08. The van der Waals surface area contributed by atoms with Crippen molar-refractivity contribution in [2.24, 2.45) is 0 Å². The van der Waals surface area contributed by atoms with Crippen LogP contribution in [0.2, 0.25) is 0 Å². The van der Waals surface area contributed by atoms with E-state index in [2.05, 4.69) is 20.3 Å². The van der Waals surface area contributed by atoms with Crippen molar-refractivity contribution in [3.8, 4) is 10.6 Å². The van der Waals surface area contributed by atoms with Gasteiger partial charge in [-0.05, 0) is 36.1 Å². The molecule has 1 saturated heterocycles. The first-order valence-electron chi connectivity index (χ1n) is 8.34. The summed E-state index contributed by atoms with van der Waals surface area (Å²) in [5, 5.41) is 4.83. The average molecular weight is 366 g/mol. The molecule has 2 amide bonds. The maximum Gasteiger partial charge on any atom is 0.323 e. The van der Waals surface area contributed by atoms with Gasteiger partial charge < -0.3 is 10.6 Å². The molecule has 0 spiro atoms.